The van der Waals surface area contributed by atoms with Crippen molar-refractivity contribution < 1.29 is 15.3 Å². The lowest BCUT2D eigenvalue weighted by molar-refractivity contribution is 0.0283. The molecule has 3 N–H and O–H groups in total. The van der Waals surface area contributed by atoms with Gasteiger partial charge in [0.2, 0.25) is 0 Å². The predicted molar refractivity (Wildman–Crippen MR) is 129 cm³/mol. The molecule has 0 aromatic rings. The first-order valence-electron chi connectivity index (χ1n) is 12.6. The maximum Gasteiger partial charge on any atom is 0.0837 e. The van der Waals surface area contributed by atoms with E-state index < -0.39 is 17.8 Å². The van der Waals surface area contributed by atoms with Crippen molar-refractivity contribution in [3.63, 3.8) is 0 Å². The fourth-order valence-corrected chi connectivity index (χ4v) is 6.91. The third-order valence-corrected chi connectivity index (χ3v) is 8.97. The first kappa shape index (κ1) is 24.7. The molecule has 0 heterocycles. The van der Waals surface area contributed by atoms with Crippen LogP contribution in [0, 0.1) is 29.1 Å². The Balaban J connectivity index is 1.71. The van der Waals surface area contributed by atoms with Crippen molar-refractivity contribution >= 4 is 0 Å². The molecule has 0 radical (unpaired) electrons. The molecule has 0 saturated heterocycles. The Labute approximate surface area is 190 Å². The molecule has 0 spiro atoms. The van der Waals surface area contributed by atoms with Crippen LogP contribution in [0.4, 0.5) is 0 Å². The van der Waals surface area contributed by atoms with E-state index in [4.69, 9.17) is 0 Å². The highest BCUT2D eigenvalue weighted by molar-refractivity contribution is 5.39. The average molecular weight is 431 g/mol. The van der Waals surface area contributed by atoms with Gasteiger partial charge in [0.15, 0.2) is 0 Å². The maximum absolute atomic E-state index is 10.4. The van der Waals surface area contributed by atoms with Crippen LogP contribution in [0.3, 0.4) is 0 Å². The standard InChI is InChI=1S/C28H46O3/c1-18(9-7-15-27(4,5)31)23-13-14-24-21(10-8-16-28(23,24)6)11-12-22-17-25(29)20(3)26(30)19(22)2/h11-12,18,20,23-26,29-31H,2,7-10,13-17H2,1,3-6H3/b21-11?,22-12-/t18-,20+,23+,24?,25-,26-,28+/m0/s1. The summed E-state index contributed by atoms with van der Waals surface area (Å²) in [5, 5.41) is 30.7. The van der Waals surface area contributed by atoms with Crippen molar-refractivity contribution in [3.05, 3.63) is 35.5 Å². The summed E-state index contributed by atoms with van der Waals surface area (Å²) in [5.41, 5.74) is 3.15. The molecule has 3 fully saturated rings. The quantitative estimate of drug-likeness (QED) is 0.488. The van der Waals surface area contributed by atoms with Crippen LogP contribution in [0.5, 0.6) is 0 Å². The Bertz CT molecular complexity index is 712. The largest absolute Gasteiger partial charge is 0.392 e. The van der Waals surface area contributed by atoms with E-state index in [0.717, 1.165) is 36.3 Å². The smallest absolute Gasteiger partial charge is 0.0837 e. The van der Waals surface area contributed by atoms with Gasteiger partial charge in [0.25, 0.3) is 0 Å². The third-order valence-electron chi connectivity index (χ3n) is 8.97. The van der Waals surface area contributed by atoms with Crippen molar-refractivity contribution in [2.75, 3.05) is 0 Å². The normalized spacial score (nSPS) is 40.4. The Morgan fingerprint density at radius 3 is 2.61 bits per heavy atom. The minimum absolute atomic E-state index is 0.149. The number of hydrogen-bond donors (Lipinski definition) is 3. The van der Waals surface area contributed by atoms with E-state index in [2.05, 4.69) is 32.6 Å². The SMILES string of the molecule is C=C1/C(=C\C=C2CCC[C@@]3(C)C2CC[C@@H]3[C@@H](C)CCCC(C)(C)O)C[C@H](O)[C@@H](C)[C@H]1O. The summed E-state index contributed by atoms with van der Waals surface area (Å²) in [7, 11) is 0. The third kappa shape index (κ3) is 5.37. The van der Waals surface area contributed by atoms with Crippen molar-refractivity contribution in [1.82, 2.24) is 0 Å². The molecule has 3 aliphatic rings. The van der Waals surface area contributed by atoms with E-state index >= 15 is 0 Å². The van der Waals surface area contributed by atoms with Gasteiger partial charge in [0.1, 0.15) is 0 Å². The number of fused-ring (bicyclic) bond motifs is 1. The van der Waals surface area contributed by atoms with E-state index in [1.165, 1.54) is 32.1 Å². The second kappa shape index (κ2) is 9.53. The number of aliphatic hydroxyl groups is 3. The topological polar surface area (TPSA) is 60.7 Å². The van der Waals surface area contributed by atoms with Gasteiger partial charge in [0, 0.05) is 5.92 Å². The zero-order valence-corrected chi connectivity index (χ0v) is 20.5. The molecule has 3 saturated carbocycles. The van der Waals surface area contributed by atoms with Gasteiger partial charge in [-0.2, -0.15) is 0 Å². The number of allylic oxidation sites excluding steroid dienone is 3. The van der Waals surface area contributed by atoms with Crippen LogP contribution >= 0.6 is 0 Å². The summed E-state index contributed by atoms with van der Waals surface area (Å²) >= 11 is 0. The molecule has 1 unspecified atom stereocenters. The van der Waals surface area contributed by atoms with E-state index in [-0.39, 0.29) is 5.92 Å². The molecule has 31 heavy (non-hydrogen) atoms. The van der Waals surface area contributed by atoms with Crippen LogP contribution in [-0.2, 0) is 0 Å². The Hall–Kier alpha value is -0.900. The van der Waals surface area contributed by atoms with Crippen molar-refractivity contribution in [2.24, 2.45) is 29.1 Å². The van der Waals surface area contributed by atoms with Gasteiger partial charge in [-0.15, -0.1) is 0 Å². The summed E-state index contributed by atoms with van der Waals surface area (Å²) < 4.78 is 0. The fraction of sp³-hybridized carbons (Fsp3) is 0.786. The lowest BCUT2D eigenvalue weighted by Gasteiger charge is -2.44. The summed E-state index contributed by atoms with van der Waals surface area (Å²) in [4.78, 5) is 0. The lowest BCUT2D eigenvalue weighted by atomic mass is 9.60. The average Bonchev–Trinajstić information content (AvgIpc) is 3.04. The first-order chi connectivity index (χ1) is 14.4. The zero-order chi connectivity index (χ0) is 23.0. The van der Waals surface area contributed by atoms with E-state index in [1.807, 2.05) is 20.8 Å². The van der Waals surface area contributed by atoms with Crippen LogP contribution in [0.2, 0.25) is 0 Å². The molecular weight excluding hydrogens is 384 g/mol. The van der Waals surface area contributed by atoms with Gasteiger partial charge in [-0.25, -0.2) is 0 Å². The summed E-state index contributed by atoms with van der Waals surface area (Å²) in [5.74, 6) is 1.94. The van der Waals surface area contributed by atoms with Crippen LogP contribution in [0.1, 0.15) is 92.4 Å². The molecule has 7 atom stereocenters. The first-order valence-corrected chi connectivity index (χ1v) is 12.6. The van der Waals surface area contributed by atoms with Crippen molar-refractivity contribution in [2.45, 2.75) is 110 Å². The maximum atomic E-state index is 10.4. The molecule has 0 aromatic heterocycles. The van der Waals surface area contributed by atoms with Gasteiger partial charge in [-0.3, -0.25) is 0 Å². The van der Waals surface area contributed by atoms with E-state index in [9.17, 15) is 15.3 Å². The molecule has 3 heteroatoms. The van der Waals surface area contributed by atoms with Gasteiger partial charge >= 0.3 is 0 Å². The molecule has 3 rings (SSSR count). The highest BCUT2D eigenvalue weighted by Gasteiger charge is 2.50. The van der Waals surface area contributed by atoms with Crippen molar-refractivity contribution in [1.29, 1.82) is 0 Å². The minimum Gasteiger partial charge on any atom is -0.392 e. The molecule has 0 aromatic carbocycles. The molecular formula is C28H46O3. The van der Waals surface area contributed by atoms with Gasteiger partial charge < -0.3 is 15.3 Å². The second-order valence-electron chi connectivity index (χ2n) is 11.8. The number of hydrogen-bond acceptors (Lipinski definition) is 3. The molecule has 3 aliphatic carbocycles. The molecule has 0 aliphatic heterocycles. The Morgan fingerprint density at radius 2 is 1.94 bits per heavy atom. The predicted octanol–water partition coefficient (Wildman–Crippen LogP) is 5.95. The summed E-state index contributed by atoms with van der Waals surface area (Å²) in [6.07, 6.45) is 13.4. The molecule has 176 valence electrons. The highest BCUT2D eigenvalue weighted by atomic mass is 16.3. The van der Waals surface area contributed by atoms with Crippen molar-refractivity contribution in [3.8, 4) is 0 Å². The van der Waals surface area contributed by atoms with E-state index in [0.29, 0.717) is 23.7 Å². The van der Waals surface area contributed by atoms with Gasteiger partial charge in [-0.05, 0) is 93.1 Å². The Kier molecular flexibility index (Phi) is 7.61. The molecule has 0 bridgehead atoms. The lowest BCUT2D eigenvalue weighted by Crippen LogP contribution is -2.36. The number of rotatable bonds is 6. The van der Waals surface area contributed by atoms with E-state index in [1.54, 1.807) is 5.57 Å². The summed E-state index contributed by atoms with van der Waals surface area (Å²) in [6.45, 7) is 14.8. The monoisotopic (exact) mass is 430 g/mol. The van der Waals surface area contributed by atoms with Crippen LogP contribution in [0.15, 0.2) is 35.5 Å². The van der Waals surface area contributed by atoms with Gasteiger partial charge in [-0.1, -0.05) is 57.9 Å². The zero-order valence-electron chi connectivity index (χ0n) is 20.5. The van der Waals surface area contributed by atoms with Crippen LogP contribution in [-0.4, -0.2) is 33.1 Å². The van der Waals surface area contributed by atoms with Crippen LogP contribution in [0.25, 0.3) is 0 Å². The van der Waals surface area contributed by atoms with Gasteiger partial charge in [0.05, 0.1) is 17.8 Å². The number of aliphatic hydroxyl groups excluding tert-OH is 2. The fourth-order valence-electron chi connectivity index (χ4n) is 6.91. The second-order valence-corrected chi connectivity index (χ2v) is 11.8. The summed E-state index contributed by atoms with van der Waals surface area (Å²) in [6, 6.07) is 0. The molecule has 0 amide bonds. The highest BCUT2D eigenvalue weighted by Crippen LogP contribution is 2.60. The van der Waals surface area contributed by atoms with Crippen LogP contribution < -0.4 is 0 Å². The Morgan fingerprint density at radius 1 is 1.23 bits per heavy atom. The molecule has 3 nitrogen and oxygen atoms in total. The minimum atomic E-state index is -0.648.